The number of Topliss-reactive ketones (excluding diaryl/α,β-unsaturated/α-hetero) is 1. The summed E-state index contributed by atoms with van der Waals surface area (Å²) < 4.78 is 0. The monoisotopic (exact) mass is 179 g/mol. The van der Waals surface area contributed by atoms with Crippen molar-refractivity contribution in [3.05, 3.63) is 24.0 Å². The second-order valence-electron chi connectivity index (χ2n) is 2.63. The maximum absolute atomic E-state index is 11.1. The number of pyridine rings is 1. The molecule has 1 rings (SSSR count). The summed E-state index contributed by atoms with van der Waals surface area (Å²) >= 11 is 0. The predicted octanol–water partition coefficient (Wildman–Crippen LogP) is -0.646. The van der Waals surface area contributed by atoms with Crippen LogP contribution < -0.4 is 5.46 Å². The largest absolute Gasteiger partial charge is 0.490 e. The van der Waals surface area contributed by atoms with Gasteiger partial charge in [-0.2, -0.15) is 0 Å². The van der Waals surface area contributed by atoms with Gasteiger partial charge in [0.15, 0.2) is 5.78 Å². The topological polar surface area (TPSA) is 70.4 Å². The van der Waals surface area contributed by atoms with Crippen molar-refractivity contribution >= 4 is 18.4 Å². The Hall–Kier alpha value is -1.20. The fraction of sp³-hybridized carbons (Fsp3) is 0.250. The summed E-state index contributed by atoms with van der Waals surface area (Å²) in [6, 6.07) is 2.96. The Labute approximate surface area is 76.4 Å². The first kappa shape index (κ1) is 9.89. The first-order valence-corrected chi connectivity index (χ1v) is 4.00. The van der Waals surface area contributed by atoms with E-state index in [0.717, 1.165) is 0 Å². The normalized spacial score (nSPS) is 9.77. The molecule has 4 nitrogen and oxygen atoms in total. The van der Waals surface area contributed by atoms with E-state index in [4.69, 9.17) is 10.0 Å². The van der Waals surface area contributed by atoms with E-state index in [9.17, 15) is 4.79 Å². The van der Waals surface area contributed by atoms with Crippen molar-refractivity contribution in [1.82, 2.24) is 4.98 Å². The minimum Gasteiger partial charge on any atom is -0.423 e. The molecule has 0 saturated carbocycles. The van der Waals surface area contributed by atoms with Crippen LogP contribution in [0.25, 0.3) is 0 Å². The fourth-order valence-electron chi connectivity index (χ4n) is 0.904. The highest BCUT2D eigenvalue weighted by atomic mass is 16.4. The van der Waals surface area contributed by atoms with Crippen LogP contribution in [0.15, 0.2) is 18.3 Å². The summed E-state index contributed by atoms with van der Waals surface area (Å²) in [5.74, 6) is -0.0565. The van der Waals surface area contributed by atoms with Crippen LogP contribution in [0.1, 0.15) is 23.8 Å². The average molecular weight is 179 g/mol. The number of ketones is 1. The van der Waals surface area contributed by atoms with Crippen LogP contribution in [0.2, 0.25) is 0 Å². The Morgan fingerprint density at radius 1 is 1.54 bits per heavy atom. The molecule has 13 heavy (non-hydrogen) atoms. The Bertz CT molecular complexity index is 297. The van der Waals surface area contributed by atoms with E-state index in [-0.39, 0.29) is 11.2 Å². The lowest BCUT2D eigenvalue weighted by Crippen LogP contribution is -2.30. The maximum Gasteiger partial charge on any atom is 0.490 e. The summed E-state index contributed by atoms with van der Waals surface area (Å²) in [6.07, 6.45) is 1.68. The first-order chi connectivity index (χ1) is 6.15. The molecule has 5 heteroatoms. The Morgan fingerprint density at radius 2 is 2.23 bits per heavy atom. The standard InChI is InChI=1S/C8H10BNO3/c1-2-8(11)7-4-3-6(5-10-7)9(12)13/h3-5,12-13H,2H2,1H3. The van der Waals surface area contributed by atoms with Gasteiger partial charge in [0.05, 0.1) is 0 Å². The maximum atomic E-state index is 11.1. The molecule has 0 aliphatic heterocycles. The third-order valence-corrected chi connectivity index (χ3v) is 1.69. The van der Waals surface area contributed by atoms with Crippen molar-refractivity contribution < 1.29 is 14.8 Å². The third-order valence-electron chi connectivity index (χ3n) is 1.69. The molecule has 0 aromatic carbocycles. The van der Waals surface area contributed by atoms with Crippen LogP contribution in [0.3, 0.4) is 0 Å². The van der Waals surface area contributed by atoms with Gasteiger partial charge in [-0.1, -0.05) is 13.0 Å². The lowest BCUT2D eigenvalue weighted by Gasteiger charge is -1.99. The highest BCUT2D eigenvalue weighted by molar-refractivity contribution is 6.58. The molecule has 1 aromatic rings. The molecule has 0 aliphatic rings. The van der Waals surface area contributed by atoms with Gasteiger partial charge in [-0.15, -0.1) is 0 Å². The van der Waals surface area contributed by atoms with Crippen molar-refractivity contribution in [3.8, 4) is 0 Å². The van der Waals surface area contributed by atoms with Gasteiger partial charge in [0.1, 0.15) is 5.69 Å². The lowest BCUT2D eigenvalue weighted by atomic mass is 9.81. The molecular formula is C8H10BNO3. The number of rotatable bonds is 3. The molecule has 0 saturated heterocycles. The van der Waals surface area contributed by atoms with Gasteiger partial charge in [-0.25, -0.2) is 0 Å². The van der Waals surface area contributed by atoms with Crippen LogP contribution in [-0.2, 0) is 0 Å². The summed E-state index contributed by atoms with van der Waals surface area (Å²) in [5.41, 5.74) is 0.638. The van der Waals surface area contributed by atoms with Crippen LogP contribution in [0.4, 0.5) is 0 Å². The minimum atomic E-state index is -1.53. The van der Waals surface area contributed by atoms with Crippen LogP contribution in [-0.4, -0.2) is 27.9 Å². The van der Waals surface area contributed by atoms with Crippen LogP contribution >= 0.6 is 0 Å². The molecule has 0 aliphatic carbocycles. The van der Waals surface area contributed by atoms with Crippen molar-refractivity contribution in [2.24, 2.45) is 0 Å². The Morgan fingerprint density at radius 3 is 2.62 bits per heavy atom. The number of carbonyl (C=O) groups is 1. The van der Waals surface area contributed by atoms with Gasteiger partial charge in [-0.3, -0.25) is 9.78 Å². The van der Waals surface area contributed by atoms with E-state index in [2.05, 4.69) is 4.98 Å². The highest BCUT2D eigenvalue weighted by Crippen LogP contribution is 1.96. The number of aromatic nitrogens is 1. The number of nitrogens with zero attached hydrogens (tertiary/aromatic N) is 1. The average Bonchev–Trinajstić information content (AvgIpc) is 2.17. The van der Waals surface area contributed by atoms with Gasteiger partial charge in [-0.05, 0) is 6.07 Å². The summed E-state index contributed by atoms with van der Waals surface area (Å²) in [6.45, 7) is 1.75. The number of hydrogen-bond acceptors (Lipinski definition) is 4. The number of hydrogen-bond donors (Lipinski definition) is 2. The predicted molar refractivity (Wildman–Crippen MR) is 48.7 cm³/mol. The summed E-state index contributed by atoms with van der Waals surface area (Å²) in [4.78, 5) is 14.9. The van der Waals surface area contributed by atoms with E-state index in [0.29, 0.717) is 12.1 Å². The van der Waals surface area contributed by atoms with Crippen molar-refractivity contribution in [2.45, 2.75) is 13.3 Å². The second-order valence-corrected chi connectivity index (χ2v) is 2.63. The third kappa shape index (κ3) is 2.37. The molecule has 1 aromatic heterocycles. The van der Waals surface area contributed by atoms with Gasteiger partial charge in [0, 0.05) is 18.1 Å². The van der Waals surface area contributed by atoms with Crippen LogP contribution in [0, 0.1) is 0 Å². The fourth-order valence-corrected chi connectivity index (χ4v) is 0.904. The molecule has 0 radical (unpaired) electrons. The smallest absolute Gasteiger partial charge is 0.423 e. The second kappa shape index (κ2) is 4.16. The zero-order valence-electron chi connectivity index (χ0n) is 7.27. The van der Waals surface area contributed by atoms with Crippen molar-refractivity contribution in [3.63, 3.8) is 0 Å². The molecule has 1 heterocycles. The van der Waals surface area contributed by atoms with E-state index >= 15 is 0 Å². The molecule has 0 fully saturated rings. The van der Waals surface area contributed by atoms with Gasteiger partial charge < -0.3 is 10.0 Å². The van der Waals surface area contributed by atoms with Crippen LogP contribution in [0.5, 0.6) is 0 Å². The SMILES string of the molecule is CCC(=O)c1ccc(B(O)O)cn1. The molecule has 0 unspecified atom stereocenters. The van der Waals surface area contributed by atoms with E-state index in [1.54, 1.807) is 6.92 Å². The highest BCUT2D eigenvalue weighted by Gasteiger charge is 2.12. The quantitative estimate of drug-likeness (QED) is 0.478. The Balaban J connectivity index is 2.87. The van der Waals surface area contributed by atoms with Crippen molar-refractivity contribution in [2.75, 3.05) is 0 Å². The molecular weight excluding hydrogens is 169 g/mol. The molecule has 0 atom stereocenters. The summed E-state index contributed by atoms with van der Waals surface area (Å²) in [7, 11) is -1.53. The molecule has 0 amide bonds. The van der Waals surface area contributed by atoms with Crippen molar-refractivity contribution in [1.29, 1.82) is 0 Å². The number of carbonyl (C=O) groups excluding carboxylic acids is 1. The van der Waals surface area contributed by atoms with Gasteiger partial charge in [0.25, 0.3) is 0 Å². The Kier molecular flexibility index (Phi) is 3.16. The van der Waals surface area contributed by atoms with E-state index < -0.39 is 7.12 Å². The minimum absolute atomic E-state index is 0.0565. The van der Waals surface area contributed by atoms with Gasteiger partial charge >= 0.3 is 7.12 Å². The molecule has 0 spiro atoms. The van der Waals surface area contributed by atoms with Gasteiger partial charge in [0.2, 0.25) is 0 Å². The van der Waals surface area contributed by atoms with E-state index in [1.165, 1.54) is 18.3 Å². The lowest BCUT2D eigenvalue weighted by molar-refractivity contribution is 0.0983. The van der Waals surface area contributed by atoms with E-state index in [1.807, 2.05) is 0 Å². The molecule has 0 bridgehead atoms. The molecule has 68 valence electrons. The summed E-state index contributed by atoms with van der Waals surface area (Å²) in [5, 5.41) is 17.5. The first-order valence-electron chi connectivity index (χ1n) is 4.00. The zero-order chi connectivity index (χ0) is 9.84. The molecule has 2 N–H and O–H groups in total. The zero-order valence-corrected chi connectivity index (χ0v) is 7.27.